The monoisotopic (exact) mass is 137 g/mol. The minimum absolute atomic E-state index is 0.619. The lowest BCUT2D eigenvalue weighted by Crippen LogP contribution is -2.46. The van der Waals surface area contributed by atoms with E-state index in [1.807, 2.05) is 5.32 Å². The second-order valence-corrected chi connectivity index (χ2v) is 1.79. The fraction of sp³-hybridized carbons (Fsp3) is 0.750. The Hall–Kier alpha value is -0.870. The summed E-state index contributed by atoms with van der Waals surface area (Å²) in [6, 6.07) is 0. The molecule has 0 saturated carbocycles. The first-order chi connectivity index (χ1) is 4.10. The molecule has 0 spiro atoms. The molecule has 1 heterocycles. The van der Waals surface area contributed by atoms with Gasteiger partial charge in [-0.1, -0.05) is 0 Å². The predicted molar refractivity (Wildman–Crippen MR) is 24.3 cm³/mol. The third-order valence-electron chi connectivity index (χ3n) is 0.906. The lowest BCUT2D eigenvalue weighted by molar-refractivity contribution is -0.0710. The Morgan fingerprint density at radius 1 is 1.67 bits per heavy atom. The fourth-order valence-electron chi connectivity index (χ4n) is 0.475. The van der Waals surface area contributed by atoms with Crippen LogP contribution in [0.5, 0.6) is 0 Å². The van der Waals surface area contributed by atoms with Crippen LogP contribution in [0.3, 0.4) is 0 Å². The molecule has 1 aliphatic rings. The molecule has 0 aromatic heterocycles. The van der Waals surface area contributed by atoms with Crippen LogP contribution in [0.25, 0.3) is 0 Å². The van der Waals surface area contributed by atoms with Crippen molar-refractivity contribution in [3.05, 3.63) is 0 Å². The van der Waals surface area contributed by atoms with E-state index in [0.29, 0.717) is 0 Å². The van der Waals surface area contributed by atoms with Gasteiger partial charge in [-0.3, -0.25) is 0 Å². The van der Waals surface area contributed by atoms with E-state index in [2.05, 4.69) is 4.74 Å². The van der Waals surface area contributed by atoms with Gasteiger partial charge in [0.2, 0.25) is 0 Å². The minimum Gasteiger partial charge on any atom is -0.443 e. The molecule has 3 nitrogen and oxygen atoms in total. The number of halogens is 2. The molecule has 5 heteroatoms. The zero-order chi connectivity index (χ0) is 6.91. The normalized spacial score (nSPS) is 24.4. The maximum absolute atomic E-state index is 12.0. The zero-order valence-electron chi connectivity index (χ0n) is 4.49. The molecular weight excluding hydrogens is 132 g/mol. The van der Waals surface area contributed by atoms with E-state index < -0.39 is 25.2 Å². The molecule has 9 heavy (non-hydrogen) atoms. The summed E-state index contributed by atoms with van der Waals surface area (Å²) in [5, 5.41) is 1.86. The number of rotatable bonds is 0. The maximum Gasteiger partial charge on any atom is 0.407 e. The molecule has 0 aromatic rings. The lowest BCUT2D eigenvalue weighted by atomic mass is 10.3. The number of alkyl carbamates (subject to hydrolysis) is 1. The highest BCUT2D eigenvalue weighted by Gasteiger charge is 2.35. The molecule has 1 amide bonds. The quantitative estimate of drug-likeness (QED) is 0.523. The molecule has 0 atom stereocenters. The average Bonchev–Trinajstić information content (AvgIpc) is 1.78. The largest absolute Gasteiger partial charge is 0.443 e. The Morgan fingerprint density at radius 3 is 2.67 bits per heavy atom. The van der Waals surface area contributed by atoms with Gasteiger partial charge in [0, 0.05) is 0 Å². The summed E-state index contributed by atoms with van der Waals surface area (Å²) in [6.07, 6.45) is -0.777. The molecule has 1 aliphatic heterocycles. The number of hydrogen-bond donors (Lipinski definition) is 1. The van der Waals surface area contributed by atoms with Gasteiger partial charge in [-0.2, -0.15) is 0 Å². The van der Waals surface area contributed by atoms with E-state index in [9.17, 15) is 13.6 Å². The average molecular weight is 137 g/mol. The van der Waals surface area contributed by atoms with Gasteiger partial charge >= 0.3 is 6.09 Å². The van der Waals surface area contributed by atoms with E-state index in [-0.39, 0.29) is 0 Å². The Kier molecular flexibility index (Phi) is 1.27. The molecule has 0 radical (unpaired) electrons. The minimum atomic E-state index is -2.89. The van der Waals surface area contributed by atoms with E-state index in [1.54, 1.807) is 0 Å². The van der Waals surface area contributed by atoms with Gasteiger partial charge in [-0.25, -0.2) is 13.6 Å². The van der Waals surface area contributed by atoms with E-state index in [1.165, 1.54) is 0 Å². The predicted octanol–water partition coefficient (Wildman–Crippen LogP) is 0.361. The molecule has 0 unspecified atom stereocenters. The van der Waals surface area contributed by atoms with Crippen LogP contribution >= 0.6 is 0 Å². The van der Waals surface area contributed by atoms with Crippen molar-refractivity contribution in [3.8, 4) is 0 Å². The van der Waals surface area contributed by atoms with Crippen LogP contribution in [0, 0.1) is 0 Å². The molecule has 1 rings (SSSR count). The number of carbonyl (C=O) groups is 1. The standard InChI is InChI=1S/C4H5F2NO2/c5-4(6)1-7-3(8)9-2-4/h1-2H2,(H,7,8). The van der Waals surface area contributed by atoms with Gasteiger partial charge in [0.05, 0.1) is 6.54 Å². The van der Waals surface area contributed by atoms with E-state index >= 15 is 0 Å². The summed E-state index contributed by atoms with van der Waals surface area (Å²) in [6.45, 7) is -1.43. The number of amides is 1. The van der Waals surface area contributed by atoms with Crippen LogP contribution in [-0.2, 0) is 4.74 Å². The summed E-state index contributed by atoms with van der Waals surface area (Å²) in [7, 11) is 0. The Balaban J connectivity index is 2.44. The molecule has 1 N–H and O–H groups in total. The Labute approximate surface area is 50.0 Å². The number of carbonyl (C=O) groups excluding carboxylic acids is 1. The molecule has 1 saturated heterocycles. The van der Waals surface area contributed by atoms with Crippen molar-refractivity contribution in [2.24, 2.45) is 0 Å². The number of hydrogen-bond acceptors (Lipinski definition) is 2. The van der Waals surface area contributed by atoms with Gasteiger partial charge in [0.1, 0.15) is 0 Å². The Bertz CT molecular complexity index is 125. The topological polar surface area (TPSA) is 38.3 Å². The van der Waals surface area contributed by atoms with Crippen LogP contribution in [-0.4, -0.2) is 25.2 Å². The summed E-state index contributed by atoms with van der Waals surface area (Å²) < 4.78 is 28.1. The van der Waals surface area contributed by atoms with Crippen molar-refractivity contribution in [2.75, 3.05) is 13.2 Å². The zero-order valence-corrected chi connectivity index (χ0v) is 4.49. The van der Waals surface area contributed by atoms with Crippen LogP contribution < -0.4 is 5.32 Å². The third kappa shape index (κ3) is 1.51. The van der Waals surface area contributed by atoms with Crippen LogP contribution in [0.15, 0.2) is 0 Å². The van der Waals surface area contributed by atoms with Crippen molar-refractivity contribution >= 4 is 6.09 Å². The lowest BCUT2D eigenvalue weighted by Gasteiger charge is -2.21. The fourth-order valence-corrected chi connectivity index (χ4v) is 0.475. The van der Waals surface area contributed by atoms with Gasteiger partial charge < -0.3 is 10.1 Å². The first-order valence-corrected chi connectivity index (χ1v) is 2.39. The Morgan fingerprint density at radius 2 is 2.33 bits per heavy atom. The summed E-state index contributed by atoms with van der Waals surface area (Å²) >= 11 is 0. The molecule has 1 fully saturated rings. The van der Waals surface area contributed by atoms with Crippen molar-refractivity contribution in [1.82, 2.24) is 5.32 Å². The van der Waals surface area contributed by atoms with Gasteiger partial charge in [-0.15, -0.1) is 0 Å². The number of cyclic esters (lactones) is 1. The van der Waals surface area contributed by atoms with E-state index in [4.69, 9.17) is 0 Å². The van der Waals surface area contributed by atoms with Crippen LogP contribution in [0.1, 0.15) is 0 Å². The first kappa shape index (κ1) is 6.25. The molecule has 52 valence electrons. The second-order valence-electron chi connectivity index (χ2n) is 1.79. The van der Waals surface area contributed by atoms with Crippen LogP contribution in [0.2, 0.25) is 0 Å². The summed E-state index contributed by atoms with van der Waals surface area (Å²) in [5.74, 6) is -2.89. The van der Waals surface area contributed by atoms with Gasteiger partial charge in [0.15, 0.2) is 6.61 Å². The van der Waals surface area contributed by atoms with Crippen molar-refractivity contribution in [1.29, 1.82) is 0 Å². The summed E-state index contributed by atoms with van der Waals surface area (Å²) in [5.41, 5.74) is 0. The van der Waals surface area contributed by atoms with Gasteiger partial charge in [0.25, 0.3) is 5.92 Å². The van der Waals surface area contributed by atoms with E-state index in [0.717, 1.165) is 0 Å². The number of alkyl halides is 2. The van der Waals surface area contributed by atoms with Crippen molar-refractivity contribution < 1.29 is 18.3 Å². The van der Waals surface area contributed by atoms with Crippen molar-refractivity contribution in [2.45, 2.75) is 5.92 Å². The van der Waals surface area contributed by atoms with Crippen molar-refractivity contribution in [3.63, 3.8) is 0 Å². The number of ether oxygens (including phenoxy) is 1. The highest BCUT2D eigenvalue weighted by Crippen LogP contribution is 2.14. The molecule has 0 aromatic carbocycles. The molecular formula is C4H5F2NO2. The molecule has 0 aliphatic carbocycles. The third-order valence-corrected chi connectivity index (χ3v) is 0.906. The van der Waals surface area contributed by atoms with Crippen LogP contribution in [0.4, 0.5) is 13.6 Å². The highest BCUT2D eigenvalue weighted by atomic mass is 19.3. The number of nitrogens with one attached hydrogen (secondary N) is 1. The smallest absolute Gasteiger partial charge is 0.407 e. The highest BCUT2D eigenvalue weighted by molar-refractivity contribution is 5.68. The second kappa shape index (κ2) is 1.82. The van der Waals surface area contributed by atoms with Gasteiger partial charge in [-0.05, 0) is 0 Å². The molecule has 0 bridgehead atoms. The maximum atomic E-state index is 12.0. The first-order valence-electron chi connectivity index (χ1n) is 2.39. The SMILES string of the molecule is O=C1NCC(F)(F)CO1. The summed E-state index contributed by atoms with van der Waals surface area (Å²) in [4.78, 5) is 10.1.